The van der Waals surface area contributed by atoms with Crippen molar-refractivity contribution in [3.63, 3.8) is 0 Å². The third-order valence-electron chi connectivity index (χ3n) is 4.97. The summed E-state index contributed by atoms with van der Waals surface area (Å²) in [5, 5.41) is 5.70. The van der Waals surface area contributed by atoms with Gasteiger partial charge in [-0.15, -0.1) is 11.3 Å². The van der Waals surface area contributed by atoms with Crippen molar-refractivity contribution in [3.05, 3.63) is 40.2 Å². The molecule has 0 bridgehead atoms. The lowest BCUT2D eigenvalue weighted by molar-refractivity contribution is -0.139. The Hall–Kier alpha value is -2.58. The van der Waals surface area contributed by atoms with Crippen molar-refractivity contribution in [2.45, 2.75) is 26.3 Å². The van der Waals surface area contributed by atoms with Crippen molar-refractivity contribution in [1.82, 2.24) is 15.2 Å². The topological polar surface area (TPSA) is 88.6 Å². The SMILES string of the molecule is COCC(=O)N1CCCC(C(=O)NCc2nc(-c3ccc(C(C)=O)cc3)cs2)C1. The Kier molecular flexibility index (Phi) is 7.11. The van der Waals surface area contributed by atoms with E-state index in [-0.39, 0.29) is 30.1 Å². The van der Waals surface area contributed by atoms with Crippen LogP contribution in [0.25, 0.3) is 11.3 Å². The Balaban J connectivity index is 1.54. The number of Topliss-reactive ketones (excluding diaryl/α,β-unsaturated/α-hetero) is 1. The van der Waals surface area contributed by atoms with Gasteiger partial charge >= 0.3 is 0 Å². The molecule has 1 aromatic heterocycles. The minimum Gasteiger partial charge on any atom is -0.375 e. The van der Waals surface area contributed by atoms with E-state index in [0.717, 1.165) is 29.1 Å². The molecule has 2 aromatic rings. The molecule has 2 heterocycles. The lowest BCUT2D eigenvalue weighted by atomic mass is 9.97. The first-order valence-corrected chi connectivity index (χ1v) is 10.5. The highest BCUT2D eigenvalue weighted by Gasteiger charge is 2.28. The maximum atomic E-state index is 12.5. The summed E-state index contributed by atoms with van der Waals surface area (Å²) in [6.45, 7) is 3.04. The maximum Gasteiger partial charge on any atom is 0.248 e. The molecule has 0 radical (unpaired) electrons. The number of carbonyl (C=O) groups is 3. The van der Waals surface area contributed by atoms with Crippen molar-refractivity contribution >= 4 is 28.9 Å². The van der Waals surface area contributed by atoms with Crippen molar-refractivity contribution in [2.24, 2.45) is 5.92 Å². The second kappa shape index (κ2) is 9.76. The second-order valence-corrected chi connectivity index (χ2v) is 8.03. The highest BCUT2D eigenvalue weighted by Crippen LogP contribution is 2.23. The summed E-state index contributed by atoms with van der Waals surface area (Å²) in [4.78, 5) is 42.2. The number of nitrogens with zero attached hydrogens (tertiary/aromatic N) is 2. The quantitative estimate of drug-likeness (QED) is 0.702. The number of ether oxygens (including phenoxy) is 1. The van der Waals surface area contributed by atoms with Crippen LogP contribution in [0.15, 0.2) is 29.6 Å². The molecule has 2 amide bonds. The Bertz CT molecular complexity index is 878. The first-order valence-electron chi connectivity index (χ1n) is 9.58. The number of benzene rings is 1. The van der Waals surface area contributed by atoms with Gasteiger partial charge in [0.2, 0.25) is 11.8 Å². The van der Waals surface area contributed by atoms with Crippen LogP contribution in [-0.2, 0) is 20.9 Å². The minimum absolute atomic E-state index is 0.0310. The predicted molar refractivity (Wildman–Crippen MR) is 111 cm³/mol. The van der Waals surface area contributed by atoms with E-state index in [1.807, 2.05) is 17.5 Å². The summed E-state index contributed by atoms with van der Waals surface area (Å²) in [7, 11) is 1.49. The van der Waals surface area contributed by atoms with Crippen LogP contribution in [0, 0.1) is 5.92 Å². The van der Waals surface area contributed by atoms with Gasteiger partial charge in [-0.2, -0.15) is 0 Å². The molecule has 3 rings (SSSR count). The van der Waals surface area contributed by atoms with Gasteiger partial charge in [0.15, 0.2) is 5.78 Å². The third-order valence-corrected chi connectivity index (χ3v) is 5.81. The molecule has 1 aromatic carbocycles. The number of thiazole rings is 1. The molecule has 1 saturated heterocycles. The van der Waals surface area contributed by atoms with Crippen molar-refractivity contribution in [3.8, 4) is 11.3 Å². The Morgan fingerprint density at radius 2 is 2.03 bits per heavy atom. The zero-order chi connectivity index (χ0) is 20.8. The smallest absolute Gasteiger partial charge is 0.248 e. The monoisotopic (exact) mass is 415 g/mol. The van der Waals surface area contributed by atoms with Crippen LogP contribution in [0.4, 0.5) is 0 Å². The number of methoxy groups -OCH3 is 1. The summed E-state index contributed by atoms with van der Waals surface area (Å²) in [5.74, 6) is -0.306. The van der Waals surface area contributed by atoms with Crippen LogP contribution >= 0.6 is 11.3 Å². The van der Waals surface area contributed by atoms with Gasteiger partial charge in [0, 0.05) is 36.7 Å². The Morgan fingerprint density at radius 3 is 2.72 bits per heavy atom. The van der Waals surface area contributed by atoms with Crippen LogP contribution in [0.2, 0.25) is 0 Å². The largest absolute Gasteiger partial charge is 0.375 e. The van der Waals surface area contributed by atoms with E-state index in [4.69, 9.17) is 4.74 Å². The van der Waals surface area contributed by atoms with Gasteiger partial charge in [-0.25, -0.2) is 4.98 Å². The van der Waals surface area contributed by atoms with Gasteiger partial charge < -0.3 is 15.0 Å². The van der Waals surface area contributed by atoms with Crippen LogP contribution in [0.3, 0.4) is 0 Å². The molecule has 1 atom stereocenters. The Labute approximate surface area is 174 Å². The van der Waals surface area contributed by atoms with Crippen LogP contribution in [0.5, 0.6) is 0 Å². The van der Waals surface area contributed by atoms with Crippen molar-refractivity contribution in [2.75, 3.05) is 26.8 Å². The first kappa shape index (κ1) is 21.1. The average Bonchev–Trinajstić information content (AvgIpc) is 3.21. The second-order valence-electron chi connectivity index (χ2n) is 7.09. The fourth-order valence-electron chi connectivity index (χ4n) is 3.34. The van der Waals surface area contributed by atoms with E-state index in [1.165, 1.54) is 25.4 Å². The number of carbonyl (C=O) groups excluding carboxylic acids is 3. The third kappa shape index (κ3) is 5.48. The zero-order valence-corrected chi connectivity index (χ0v) is 17.5. The molecule has 1 unspecified atom stereocenters. The molecular weight excluding hydrogens is 390 g/mol. The molecule has 1 N–H and O–H groups in total. The Morgan fingerprint density at radius 1 is 1.28 bits per heavy atom. The van der Waals surface area contributed by atoms with Gasteiger partial charge in [0.05, 0.1) is 18.2 Å². The number of amides is 2. The van der Waals surface area contributed by atoms with Gasteiger partial charge in [-0.05, 0) is 19.8 Å². The van der Waals surface area contributed by atoms with Crippen molar-refractivity contribution < 1.29 is 19.1 Å². The number of likely N-dealkylation sites (tertiary alicyclic amines) is 1. The predicted octanol–water partition coefficient (Wildman–Crippen LogP) is 2.51. The van der Waals surface area contributed by atoms with Gasteiger partial charge in [0.25, 0.3) is 0 Å². The van der Waals surface area contributed by atoms with Gasteiger partial charge in [-0.1, -0.05) is 24.3 Å². The van der Waals surface area contributed by atoms with E-state index in [0.29, 0.717) is 25.2 Å². The zero-order valence-electron chi connectivity index (χ0n) is 16.6. The number of hydrogen-bond acceptors (Lipinski definition) is 6. The maximum absolute atomic E-state index is 12.5. The molecule has 29 heavy (non-hydrogen) atoms. The summed E-state index contributed by atoms with van der Waals surface area (Å²) in [6.07, 6.45) is 1.58. The minimum atomic E-state index is -0.205. The molecule has 1 aliphatic rings. The molecule has 8 heteroatoms. The first-order chi connectivity index (χ1) is 14.0. The van der Waals surface area contributed by atoms with Gasteiger partial charge in [-0.3, -0.25) is 14.4 Å². The fourth-order valence-corrected chi connectivity index (χ4v) is 4.08. The lowest BCUT2D eigenvalue weighted by Crippen LogP contribution is -2.46. The average molecular weight is 416 g/mol. The normalized spacial score (nSPS) is 16.5. The number of piperidine rings is 1. The summed E-state index contributed by atoms with van der Waals surface area (Å²) in [6, 6.07) is 7.33. The van der Waals surface area contributed by atoms with E-state index in [2.05, 4.69) is 10.3 Å². The van der Waals surface area contributed by atoms with Gasteiger partial charge in [0.1, 0.15) is 11.6 Å². The molecule has 0 aliphatic carbocycles. The molecule has 1 fully saturated rings. The number of aromatic nitrogens is 1. The molecule has 1 aliphatic heterocycles. The van der Waals surface area contributed by atoms with Crippen molar-refractivity contribution in [1.29, 1.82) is 0 Å². The molecule has 0 saturated carbocycles. The number of rotatable bonds is 7. The molecule has 0 spiro atoms. The van der Waals surface area contributed by atoms with E-state index in [9.17, 15) is 14.4 Å². The van der Waals surface area contributed by atoms with E-state index in [1.54, 1.807) is 17.0 Å². The number of hydrogen-bond donors (Lipinski definition) is 1. The van der Waals surface area contributed by atoms with Crippen LogP contribution in [-0.4, -0.2) is 54.3 Å². The molecule has 154 valence electrons. The fraction of sp³-hybridized carbons (Fsp3) is 0.429. The summed E-state index contributed by atoms with van der Waals surface area (Å²) < 4.78 is 4.90. The van der Waals surface area contributed by atoms with Crippen LogP contribution < -0.4 is 5.32 Å². The summed E-state index contributed by atoms with van der Waals surface area (Å²) >= 11 is 1.48. The highest BCUT2D eigenvalue weighted by atomic mass is 32.1. The molecular formula is C21H25N3O4S. The van der Waals surface area contributed by atoms with Crippen LogP contribution in [0.1, 0.15) is 35.1 Å². The lowest BCUT2D eigenvalue weighted by Gasteiger charge is -2.31. The molecule has 7 nitrogen and oxygen atoms in total. The standard InChI is InChI=1S/C21H25N3O4S/c1-14(25)15-5-7-16(8-6-15)18-13-29-19(23-18)10-22-21(27)17-4-3-9-24(11-17)20(26)12-28-2/h5-8,13,17H,3-4,9-12H2,1-2H3,(H,22,27). The number of ketones is 1. The van der Waals surface area contributed by atoms with E-state index < -0.39 is 0 Å². The summed E-state index contributed by atoms with van der Waals surface area (Å²) in [5.41, 5.74) is 2.42. The number of nitrogens with one attached hydrogen (secondary N) is 1. The van der Waals surface area contributed by atoms with E-state index >= 15 is 0 Å². The highest BCUT2D eigenvalue weighted by molar-refractivity contribution is 7.09.